The number of hydrogen-bond donors (Lipinski definition) is 0. The number of carbonyl (C=O) groups is 1. The van der Waals surface area contributed by atoms with Crippen molar-refractivity contribution in [2.75, 3.05) is 6.61 Å². The van der Waals surface area contributed by atoms with Crippen LogP contribution in [-0.4, -0.2) is 39.6 Å². The molecule has 2 aromatic carbocycles. The Labute approximate surface area is 209 Å². The number of ether oxygens (including phenoxy) is 2. The molecule has 1 aliphatic rings. The second-order valence-electron chi connectivity index (χ2n) is 9.65. The van der Waals surface area contributed by atoms with Crippen molar-refractivity contribution in [1.29, 1.82) is 0 Å². The van der Waals surface area contributed by atoms with Crippen LogP contribution >= 0.6 is 23.2 Å². The summed E-state index contributed by atoms with van der Waals surface area (Å²) in [7, 11) is 0. The van der Waals surface area contributed by atoms with Gasteiger partial charge in [-0.05, 0) is 58.9 Å². The molecule has 3 aromatic rings. The van der Waals surface area contributed by atoms with Gasteiger partial charge in [-0.25, -0.2) is 19.8 Å². The molecule has 4 rings (SSSR count). The lowest BCUT2D eigenvalue weighted by molar-refractivity contribution is 0.00618. The van der Waals surface area contributed by atoms with Crippen LogP contribution in [0.15, 0.2) is 53.5 Å². The first-order valence-electron chi connectivity index (χ1n) is 10.8. The smallest absolute Gasteiger partial charge is 0.359 e. The number of aliphatic imine (C=N–C) groups is 1. The van der Waals surface area contributed by atoms with Crippen molar-refractivity contribution in [2.24, 2.45) is 4.99 Å². The SMILES string of the molecule is CC1(C)COC(c2nc(-c3ccc(Cl)cc3)c(-c3ccc(Cl)cc3)nc2C(=O)OC(C)(C)C)=N1. The van der Waals surface area contributed by atoms with Crippen molar-refractivity contribution in [2.45, 2.75) is 45.8 Å². The zero-order chi connectivity index (χ0) is 24.7. The van der Waals surface area contributed by atoms with Crippen molar-refractivity contribution in [3.8, 4) is 22.5 Å². The van der Waals surface area contributed by atoms with E-state index >= 15 is 0 Å². The van der Waals surface area contributed by atoms with Crippen LogP contribution in [0, 0.1) is 0 Å². The van der Waals surface area contributed by atoms with Crippen molar-refractivity contribution in [3.63, 3.8) is 0 Å². The molecule has 0 saturated heterocycles. The minimum absolute atomic E-state index is 0.0361. The van der Waals surface area contributed by atoms with Crippen LogP contribution in [0.3, 0.4) is 0 Å². The summed E-state index contributed by atoms with van der Waals surface area (Å²) in [5.41, 5.74) is 1.68. The summed E-state index contributed by atoms with van der Waals surface area (Å²) in [4.78, 5) is 27.5. The maximum Gasteiger partial charge on any atom is 0.359 e. The molecule has 2 heterocycles. The standard InChI is InChI=1S/C26H25Cl2N3O3/c1-25(2,3)34-24(32)22-21(23-31-26(4,5)14-33-23)29-19(15-6-10-17(27)11-7-15)20(30-22)16-8-12-18(28)13-9-16/h6-13H,14H2,1-5H3. The Morgan fingerprint density at radius 2 is 1.38 bits per heavy atom. The van der Waals surface area contributed by atoms with E-state index in [1.165, 1.54) is 0 Å². The molecule has 0 bridgehead atoms. The van der Waals surface area contributed by atoms with Gasteiger partial charge in [-0.15, -0.1) is 0 Å². The van der Waals surface area contributed by atoms with Crippen molar-refractivity contribution in [3.05, 3.63) is 70.0 Å². The number of halogens is 2. The minimum atomic E-state index is -0.719. The fourth-order valence-electron chi connectivity index (χ4n) is 3.38. The summed E-state index contributed by atoms with van der Waals surface area (Å²) in [6.07, 6.45) is 0. The zero-order valence-electron chi connectivity index (χ0n) is 19.6. The average Bonchev–Trinajstić information content (AvgIpc) is 3.12. The topological polar surface area (TPSA) is 73.7 Å². The van der Waals surface area contributed by atoms with E-state index in [9.17, 15) is 4.79 Å². The van der Waals surface area contributed by atoms with Crippen LogP contribution in [0.25, 0.3) is 22.5 Å². The van der Waals surface area contributed by atoms with E-state index in [0.29, 0.717) is 28.0 Å². The molecule has 0 atom stereocenters. The minimum Gasteiger partial charge on any atom is -0.474 e. The number of rotatable bonds is 4. The molecule has 0 spiro atoms. The highest BCUT2D eigenvalue weighted by atomic mass is 35.5. The lowest BCUT2D eigenvalue weighted by Crippen LogP contribution is -2.27. The molecular weight excluding hydrogens is 473 g/mol. The van der Waals surface area contributed by atoms with E-state index in [0.717, 1.165) is 11.1 Å². The molecule has 0 amide bonds. The second kappa shape index (κ2) is 9.01. The first kappa shape index (κ1) is 24.2. The van der Waals surface area contributed by atoms with Crippen LogP contribution in [0.4, 0.5) is 0 Å². The van der Waals surface area contributed by atoms with E-state index in [2.05, 4.69) is 4.99 Å². The molecule has 0 saturated carbocycles. The molecule has 176 valence electrons. The van der Waals surface area contributed by atoms with Crippen LogP contribution in [-0.2, 0) is 9.47 Å². The third-order valence-electron chi connectivity index (χ3n) is 4.89. The second-order valence-corrected chi connectivity index (χ2v) is 10.5. The van der Waals surface area contributed by atoms with Gasteiger partial charge >= 0.3 is 5.97 Å². The Balaban J connectivity index is 1.99. The highest BCUT2D eigenvalue weighted by Gasteiger charge is 2.34. The van der Waals surface area contributed by atoms with Gasteiger partial charge in [-0.3, -0.25) is 0 Å². The lowest BCUT2D eigenvalue weighted by Gasteiger charge is -2.21. The van der Waals surface area contributed by atoms with Gasteiger partial charge in [0.15, 0.2) is 11.4 Å². The molecule has 1 aromatic heterocycles. The largest absolute Gasteiger partial charge is 0.474 e. The number of carbonyl (C=O) groups excluding carboxylic acids is 1. The van der Waals surface area contributed by atoms with Gasteiger partial charge < -0.3 is 9.47 Å². The molecule has 1 aliphatic heterocycles. The van der Waals surface area contributed by atoms with E-state index in [1.807, 2.05) is 38.1 Å². The third-order valence-corrected chi connectivity index (χ3v) is 5.40. The summed E-state index contributed by atoms with van der Waals surface area (Å²) in [6.45, 7) is 9.66. The zero-order valence-corrected chi connectivity index (χ0v) is 21.2. The Morgan fingerprint density at radius 1 is 0.882 bits per heavy atom. The molecule has 6 nitrogen and oxygen atoms in total. The van der Waals surface area contributed by atoms with Gasteiger partial charge in [0.05, 0.1) is 16.9 Å². The quantitative estimate of drug-likeness (QED) is 0.378. The van der Waals surface area contributed by atoms with Crippen molar-refractivity contribution >= 4 is 35.1 Å². The predicted octanol–water partition coefficient (Wildman–Crippen LogP) is 6.63. The van der Waals surface area contributed by atoms with E-state index in [4.69, 9.17) is 42.6 Å². The Hall–Kier alpha value is -2.96. The fourth-order valence-corrected chi connectivity index (χ4v) is 3.63. The summed E-state index contributed by atoms with van der Waals surface area (Å²) in [6, 6.07) is 14.4. The van der Waals surface area contributed by atoms with Gasteiger partial charge in [0, 0.05) is 21.2 Å². The maximum atomic E-state index is 13.3. The normalized spacial score (nSPS) is 15.0. The number of esters is 1. The van der Waals surface area contributed by atoms with E-state index in [-0.39, 0.29) is 17.3 Å². The molecule has 8 heteroatoms. The Morgan fingerprint density at radius 3 is 1.82 bits per heavy atom. The maximum absolute atomic E-state index is 13.3. The van der Waals surface area contributed by atoms with Gasteiger partial charge in [-0.2, -0.15) is 0 Å². The predicted molar refractivity (Wildman–Crippen MR) is 135 cm³/mol. The van der Waals surface area contributed by atoms with Crippen molar-refractivity contribution < 1.29 is 14.3 Å². The van der Waals surface area contributed by atoms with Gasteiger partial charge in [-0.1, -0.05) is 47.5 Å². The first-order valence-corrected chi connectivity index (χ1v) is 11.6. The number of aromatic nitrogens is 2. The first-order chi connectivity index (χ1) is 15.9. The van der Waals surface area contributed by atoms with Crippen LogP contribution in [0.5, 0.6) is 0 Å². The molecular formula is C26H25Cl2N3O3. The van der Waals surface area contributed by atoms with Gasteiger partial charge in [0.25, 0.3) is 0 Å². The summed E-state index contributed by atoms with van der Waals surface area (Å²) >= 11 is 12.2. The number of hydrogen-bond acceptors (Lipinski definition) is 6. The Bertz CT molecular complexity index is 1260. The van der Waals surface area contributed by atoms with Gasteiger partial charge in [0.1, 0.15) is 12.2 Å². The molecule has 0 aliphatic carbocycles. The number of nitrogens with zero attached hydrogens (tertiary/aromatic N) is 3. The van der Waals surface area contributed by atoms with Gasteiger partial charge in [0.2, 0.25) is 5.90 Å². The van der Waals surface area contributed by atoms with Crippen LogP contribution < -0.4 is 0 Å². The van der Waals surface area contributed by atoms with Crippen molar-refractivity contribution in [1.82, 2.24) is 9.97 Å². The fraction of sp³-hybridized carbons (Fsp3) is 0.308. The number of benzene rings is 2. The summed E-state index contributed by atoms with van der Waals surface area (Å²) < 4.78 is 11.5. The summed E-state index contributed by atoms with van der Waals surface area (Å²) in [5.74, 6) is -0.347. The highest BCUT2D eigenvalue weighted by molar-refractivity contribution is 6.31. The summed E-state index contributed by atoms with van der Waals surface area (Å²) in [5, 5.41) is 1.19. The molecule has 0 radical (unpaired) electrons. The van der Waals surface area contributed by atoms with E-state index < -0.39 is 17.1 Å². The molecule has 0 unspecified atom stereocenters. The third kappa shape index (κ3) is 5.40. The van der Waals surface area contributed by atoms with Crippen LogP contribution in [0.2, 0.25) is 10.0 Å². The molecule has 34 heavy (non-hydrogen) atoms. The highest BCUT2D eigenvalue weighted by Crippen LogP contribution is 2.33. The van der Waals surface area contributed by atoms with Crippen LogP contribution in [0.1, 0.15) is 50.8 Å². The average molecular weight is 498 g/mol. The van der Waals surface area contributed by atoms with E-state index in [1.54, 1.807) is 45.0 Å². The molecule has 0 fully saturated rings. The lowest BCUT2D eigenvalue weighted by atomic mass is 10.0. The monoisotopic (exact) mass is 497 g/mol. The molecule has 0 N–H and O–H groups in total. The Kier molecular flexibility index (Phi) is 6.40.